The Morgan fingerprint density at radius 3 is 2.72 bits per heavy atom. The van der Waals surface area contributed by atoms with Gasteiger partial charge in [0.1, 0.15) is 5.82 Å². The molecule has 10 heteroatoms. The van der Waals surface area contributed by atoms with Gasteiger partial charge in [0.05, 0.1) is 24.6 Å². The molecule has 0 spiro atoms. The number of aryl methyl sites for hydroxylation is 1. The fourth-order valence-corrected chi connectivity index (χ4v) is 3.14. The predicted molar refractivity (Wildman–Crippen MR) is 98.4 cm³/mol. The van der Waals surface area contributed by atoms with Crippen LogP contribution in [-0.2, 0) is 0 Å². The highest BCUT2D eigenvalue weighted by Crippen LogP contribution is 2.48. The summed E-state index contributed by atoms with van der Waals surface area (Å²) >= 11 is 0. The molecule has 1 N–H and O–H groups in total. The first-order chi connectivity index (χ1) is 13.8. The van der Waals surface area contributed by atoms with Crippen LogP contribution in [0.5, 0.6) is 17.5 Å². The minimum absolute atomic E-state index is 0.0952. The van der Waals surface area contributed by atoms with Crippen molar-refractivity contribution in [1.29, 1.82) is 0 Å². The molecule has 0 saturated heterocycles. The summed E-state index contributed by atoms with van der Waals surface area (Å²) in [6, 6.07) is 4.37. The van der Waals surface area contributed by atoms with Crippen LogP contribution in [0.15, 0.2) is 35.4 Å². The molecule has 3 heterocycles. The standard InChI is InChI=1S/C19H17F2N5O3/c1-10-5-12(27)6-14(24-10)13-9-22-16(11-7-19(20,21)8-11)25-17(13)29-15-3-4-23-26-18(15)28-2/h3-6,9,11H,7-8H2,1-2H3,(H,24,27). The number of halogens is 2. The van der Waals surface area contributed by atoms with Gasteiger partial charge in [-0.1, -0.05) is 0 Å². The van der Waals surface area contributed by atoms with Crippen LogP contribution in [0.1, 0.15) is 30.3 Å². The van der Waals surface area contributed by atoms with Crippen LogP contribution in [0.4, 0.5) is 8.78 Å². The molecule has 0 aliphatic heterocycles. The first-order valence-electron chi connectivity index (χ1n) is 8.84. The third-order valence-corrected chi connectivity index (χ3v) is 4.55. The van der Waals surface area contributed by atoms with E-state index in [1.165, 1.54) is 37.7 Å². The Morgan fingerprint density at radius 2 is 2.03 bits per heavy atom. The van der Waals surface area contributed by atoms with Crippen molar-refractivity contribution < 1.29 is 18.3 Å². The molecule has 1 aliphatic rings. The number of nitrogens with one attached hydrogen (secondary N) is 1. The van der Waals surface area contributed by atoms with Gasteiger partial charge in [-0.3, -0.25) is 4.79 Å². The molecule has 4 rings (SSSR count). The molecule has 0 atom stereocenters. The summed E-state index contributed by atoms with van der Waals surface area (Å²) in [5, 5.41) is 7.56. The second-order valence-corrected chi connectivity index (χ2v) is 6.83. The molecule has 0 bridgehead atoms. The van der Waals surface area contributed by atoms with E-state index in [0.29, 0.717) is 17.0 Å². The zero-order valence-electron chi connectivity index (χ0n) is 15.6. The monoisotopic (exact) mass is 401 g/mol. The van der Waals surface area contributed by atoms with Crippen molar-refractivity contribution in [3.8, 4) is 28.8 Å². The number of H-pyrrole nitrogens is 1. The first kappa shape index (κ1) is 18.9. The molecule has 1 fully saturated rings. The Balaban J connectivity index is 1.79. The average molecular weight is 401 g/mol. The molecular weight excluding hydrogens is 384 g/mol. The van der Waals surface area contributed by atoms with Crippen molar-refractivity contribution in [3.05, 3.63) is 52.3 Å². The van der Waals surface area contributed by atoms with Gasteiger partial charge in [-0.15, -0.1) is 5.10 Å². The van der Waals surface area contributed by atoms with Gasteiger partial charge < -0.3 is 14.5 Å². The van der Waals surface area contributed by atoms with E-state index in [1.54, 1.807) is 6.92 Å². The van der Waals surface area contributed by atoms with Crippen molar-refractivity contribution in [2.24, 2.45) is 0 Å². The van der Waals surface area contributed by atoms with Crippen LogP contribution in [0.3, 0.4) is 0 Å². The van der Waals surface area contributed by atoms with Gasteiger partial charge in [-0.05, 0) is 6.92 Å². The highest BCUT2D eigenvalue weighted by molar-refractivity contribution is 5.65. The van der Waals surface area contributed by atoms with E-state index in [1.807, 2.05) is 0 Å². The molecule has 0 unspecified atom stereocenters. The van der Waals surface area contributed by atoms with Gasteiger partial charge in [0, 0.05) is 48.8 Å². The maximum atomic E-state index is 13.3. The van der Waals surface area contributed by atoms with Gasteiger partial charge in [0.25, 0.3) is 5.88 Å². The van der Waals surface area contributed by atoms with Crippen LogP contribution in [0.25, 0.3) is 11.3 Å². The molecule has 29 heavy (non-hydrogen) atoms. The summed E-state index contributed by atoms with van der Waals surface area (Å²) < 4.78 is 37.6. The minimum atomic E-state index is -2.70. The lowest BCUT2D eigenvalue weighted by Gasteiger charge is -2.33. The summed E-state index contributed by atoms with van der Waals surface area (Å²) in [6.45, 7) is 1.74. The molecular formula is C19H17F2N5O3. The number of pyridine rings is 1. The van der Waals surface area contributed by atoms with E-state index in [0.717, 1.165) is 0 Å². The maximum absolute atomic E-state index is 13.3. The zero-order chi connectivity index (χ0) is 20.6. The quantitative estimate of drug-likeness (QED) is 0.700. The SMILES string of the molecule is COc1nnccc1Oc1nc(C2CC(F)(F)C2)ncc1-c1cc(=O)cc(C)[nH]1. The van der Waals surface area contributed by atoms with Crippen LogP contribution in [0, 0.1) is 6.92 Å². The minimum Gasteiger partial charge on any atom is -0.477 e. The average Bonchev–Trinajstić information content (AvgIpc) is 2.65. The number of aromatic nitrogens is 5. The largest absolute Gasteiger partial charge is 0.477 e. The second kappa shape index (κ2) is 7.19. The van der Waals surface area contributed by atoms with E-state index >= 15 is 0 Å². The number of hydrogen-bond donors (Lipinski definition) is 1. The van der Waals surface area contributed by atoms with E-state index in [4.69, 9.17) is 9.47 Å². The third kappa shape index (κ3) is 3.91. The molecule has 0 radical (unpaired) electrons. The third-order valence-electron chi connectivity index (χ3n) is 4.55. The van der Waals surface area contributed by atoms with E-state index in [2.05, 4.69) is 25.1 Å². The number of ether oxygens (including phenoxy) is 2. The van der Waals surface area contributed by atoms with Crippen LogP contribution in [-0.4, -0.2) is 38.2 Å². The molecule has 1 aliphatic carbocycles. The van der Waals surface area contributed by atoms with Crippen molar-refractivity contribution >= 4 is 0 Å². The summed E-state index contributed by atoms with van der Waals surface area (Å²) in [4.78, 5) is 23.6. The number of hydrogen-bond acceptors (Lipinski definition) is 7. The zero-order valence-corrected chi connectivity index (χ0v) is 15.6. The van der Waals surface area contributed by atoms with Gasteiger partial charge >= 0.3 is 0 Å². The molecule has 8 nitrogen and oxygen atoms in total. The Labute approximate surface area is 164 Å². The summed E-state index contributed by atoms with van der Waals surface area (Å²) in [5.41, 5.74) is 1.29. The number of alkyl halides is 2. The van der Waals surface area contributed by atoms with E-state index < -0.39 is 11.8 Å². The molecule has 1 saturated carbocycles. The Morgan fingerprint density at radius 1 is 1.24 bits per heavy atom. The fraction of sp³-hybridized carbons (Fsp3) is 0.316. The van der Waals surface area contributed by atoms with Gasteiger partial charge in [0.2, 0.25) is 11.8 Å². The van der Waals surface area contributed by atoms with Crippen molar-refractivity contribution in [2.75, 3.05) is 7.11 Å². The highest BCUT2D eigenvalue weighted by atomic mass is 19.3. The van der Waals surface area contributed by atoms with Crippen molar-refractivity contribution in [2.45, 2.75) is 31.6 Å². The number of methoxy groups -OCH3 is 1. The van der Waals surface area contributed by atoms with Crippen molar-refractivity contribution in [1.82, 2.24) is 25.1 Å². The number of nitrogens with zero attached hydrogens (tertiary/aromatic N) is 4. The molecule has 3 aromatic rings. The highest BCUT2D eigenvalue weighted by Gasteiger charge is 2.47. The maximum Gasteiger partial charge on any atom is 0.276 e. The fourth-order valence-electron chi connectivity index (χ4n) is 3.14. The Kier molecular flexibility index (Phi) is 4.69. The molecule has 0 aromatic carbocycles. The van der Waals surface area contributed by atoms with E-state index in [-0.39, 0.29) is 41.6 Å². The van der Waals surface area contributed by atoms with Crippen LogP contribution >= 0.6 is 0 Å². The number of aromatic amines is 1. The second-order valence-electron chi connectivity index (χ2n) is 6.83. The van der Waals surface area contributed by atoms with Gasteiger partial charge in [-0.2, -0.15) is 10.1 Å². The summed E-state index contributed by atoms with van der Waals surface area (Å²) in [5.74, 6) is -2.44. The Hall–Kier alpha value is -3.43. The number of rotatable bonds is 5. The van der Waals surface area contributed by atoms with Crippen LogP contribution in [0.2, 0.25) is 0 Å². The summed E-state index contributed by atoms with van der Waals surface area (Å²) in [6.07, 6.45) is 2.25. The van der Waals surface area contributed by atoms with Crippen LogP contribution < -0.4 is 14.9 Å². The lowest BCUT2D eigenvalue weighted by molar-refractivity contribution is -0.0885. The normalized spacial score (nSPS) is 15.6. The smallest absolute Gasteiger partial charge is 0.276 e. The lowest BCUT2D eigenvalue weighted by atomic mass is 9.81. The van der Waals surface area contributed by atoms with Gasteiger partial charge in [-0.25, -0.2) is 13.8 Å². The summed E-state index contributed by atoms with van der Waals surface area (Å²) in [7, 11) is 1.41. The molecule has 3 aromatic heterocycles. The predicted octanol–water partition coefficient (Wildman–Crippen LogP) is 3.24. The molecule has 150 valence electrons. The topological polar surface area (TPSA) is 103 Å². The van der Waals surface area contributed by atoms with Gasteiger partial charge in [0.15, 0.2) is 11.2 Å². The first-order valence-corrected chi connectivity index (χ1v) is 8.84. The lowest BCUT2D eigenvalue weighted by Crippen LogP contribution is -2.34. The van der Waals surface area contributed by atoms with Crippen molar-refractivity contribution in [3.63, 3.8) is 0 Å². The van der Waals surface area contributed by atoms with E-state index in [9.17, 15) is 13.6 Å². The Bertz CT molecular complexity index is 1110. The molecule has 0 amide bonds.